The van der Waals surface area contributed by atoms with Crippen LogP contribution in [-0.4, -0.2) is 30.8 Å². The van der Waals surface area contributed by atoms with Crippen molar-refractivity contribution in [2.45, 2.75) is 29.9 Å². The largest absolute Gasteiger partial charge is 0.355 e. The van der Waals surface area contributed by atoms with Gasteiger partial charge in [-0.2, -0.15) is 0 Å². The van der Waals surface area contributed by atoms with Gasteiger partial charge in [-0.05, 0) is 57.0 Å². The molecule has 3 nitrogen and oxygen atoms in total. The molecule has 0 aliphatic carbocycles. The molecular formula is C15H20Cl2N2OS. The van der Waals surface area contributed by atoms with E-state index in [2.05, 4.69) is 10.6 Å². The van der Waals surface area contributed by atoms with Gasteiger partial charge in [0.05, 0.1) is 10.3 Å². The van der Waals surface area contributed by atoms with E-state index in [0.717, 1.165) is 24.5 Å². The molecule has 2 unspecified atom stereocenters. The lowest BCUT2D eigenvalue weighted by atomic mass is 10.00. The summed E-state index contributed by atoms with van der Waals surface area (Å²) in [5.41, 5.74) is 0. The fraction of sp³-hybridized carbons (Fsp3) is 0.533. The first-order valence-corrected chi connectivity index (χ1v) is 8.80. The van der Waals surface area contributed by atoms with Crippen LogP contribution in [0.4, 0.5) is 0 Å². The molecule has 21 heavy (non-hydrogen) atoms. The molecule has 2 N–H and O–H groups in total. The van der Waals surface area contributed by atoms with Crippen molar-refractivity contribution in [3.63, 3.8) is 0 Å². The van der Waals surface area contributed by atoms with Crippen LogP contribution in [0, 0.1) is 5.92 Å². The Morgan fingerprint density at radius 2 is 2.33 bits per heavy atom. The molecule has 1 heterocycles. The molecule has 0 saturated carbocycles. The summed E-state index contributed by atoms with van der Waals surface area (Å²) in [6, 6.07) is 5.29. The van der Waals surface area contributed by atoms with Crippen LogP contribution in [0.5, 0.6) is 0 Å². The molecule has 6 heteroatoms. The van der Waals surface area contributed by atoms with Crippen LogP contribution in [0.2, 0.25) is 10.0 Å². The Hall–Kier alpha value is -0.420. The van der Waals surface area contributed by atoms with Gasteiger partial charge in [0.25, 0.3) is 0 Å². The summed E-state index contributed by atoms with van der Waals surface area (Å²) < 4.78 is 0. The Bertz CT molecular complexity index is 493. The van der Waals surface area contributed by atoms with E-state index in [1.165, 1.54) is 24.6 Å². The van der Waals surface area contributed by atoms with E-state index in [0.29, 0.717) is 16.0 Å². The van der Waals surface area contributed by atoms with E-state index >= 15 is 0 Å². The summed E-state index contributed by atoms with van der Waals surface area (Å²) in [6.07, 6.45) is 2.36. The molecule has 1 aromatic carbocycles. The maximum absolute atomic E-state index is 12.2. The number of benzene rings is 1. The minimum atomic E-state index is -0.197. The minimum absolute atomic E-state index is 0.0432. The van der Waals surface area contributed by atoms with Crippen LogP contribution >= 0.6 is 35.0 Å². The summed E-state index contributed by atoms with van der Waals surface area (Å²) in [4.78, 5) is 13.0. The molecule has 0 radical (unpaired) electrons. The van der Waals surface area contributed by atoms with Crippen LogP contribution < -0.4 is 10.6 Å². The molecule has 1 aliphatic rings. The molecule has 0 spiro atoms. The second-order valence-corrected chi connectivity index (χ2v) is 7.52. The van der Waals surface area contributed by atoms with Crippen molar-refractivity contribution in [3.8, 4) is 0 Å². The van der Waals surface area contributed by atoms with Gasteiger partial charge in [0, 0.05) is 16.5 Å². The predicted molar refractivity (Wildman–Crippen MR) is 90.4 cm³/mol. The van der Waals surface area contributed by atoms with Crippen LogP contribution in [0.1, 0.15) is 19.8 Å². The Morgan fingerprint density at radius 1 is 1.52 bits per heavy atom. The third kappa shape index (κ3) is 5.37. The Balaban J connectivity index is 1.82. The summed E-state index contributed by atoms with van der Waals surface area (Å²) in [5.74, 6) is 0.580. The highest BCUT2D eigenvalue weighted by molar-refractivity contribution is 8.00. The number of carbonyl (C=O) groups excluding carboxylic acids is 1. The van der Waals surface area contributed by atoms with Gasteiger partial charge in [-0.25, -0.2) is 0 Å². The zero-order chi connectivity index (χ0) is 15.2. The van der Waals surface area contributed by atoms with Crippen LogP contribution in [0.15, 0.2) is 23.1 Å². The van der Waals surface area contributed by atoms with E-state index in [1.807, 2.05) is 6.92 Å². The maximum atomic E-state index is 12.2. The van der Waals surface area contributed by atoms with Crippen molar-refractivity contribution in [3.05, 3.63) is 28.2 Å². The third-order valence-electron chi connectivity index (χ3n) is 3.53. The normalized spacial score (nSPS) is 20.0. The van der Waals surface area contributed by atoms with E-state index in [-0.39, 0.29) is 11.2 Å². The van der Waals surface area contributed by atoms with Gasteiger partial charge in [0.1, 0.15) is 0 Å². The molecule has 1 aromatic rings. The smallest absolute Gasteiger partial charge is 0.233 e. The highest BCUT2D eigenvalue weighted by Crippen LogP contribution is 2.32. The molecule has 1 saturated heterocycles. The van der Waals surface area contributed by atoms with Gasteiger partial charge in [-0.1, -0.05) is 23.2 Å². The van der Waals surface area contributed by atoms with Crippen molar-refractivity contribution in [2.24, 2.45) is 5.92 Å². The zero-order valence-electron chi connectivity index (χ0n) is 12.0. The fourth-order valence-corrected chi connectivity index (χ4v) is 3.73. The first-order chi connectivity index (χ1) is 10.1. The molecule has 0 aromatic heterocycles. The first-order valence-electron chi connectivity index (χ1n) is 7.16. The SMILES string of the molecule is CC(Sc1cc(Cl)ccc1Cl)C(=O)NCC1CCCNC1. The average Bonchev–Trinajstić information content (AvgIpc) is 2.49. The zero-order valence-corrected chi connectivity index (χ0v) is 14.3. The highest BCUT2D eigenvalue weighted by atomic mass is 35.5. The van der Waals surface area contributed by atoms with Gasteiger partial charge < -0.3 is 10.6 Å². The summed E-state index contributed by atoms with van der Waals surface area (Å²) in [7, 11) is 0. The van der Waals surface area contributed by atoms with E-state index in [1.54, 1.807) is 18.2 Å². The van der Waals surface area contributed by atoms with Gasteiger partial charge in [0.2, 0.25) is 5.91 Å². The molecule has 2 rings (SSSR count). The standard InChI is InChI=1S/C15H20Cl2N2OS/c1-10(21-14-7-12(16)4-5-13(14)17)15(20)19-9-11-3-2-6-18-8-11/h4-5,7,10-11,18H,2-3,6,8-9H2,1H3,(H,19,20). The van der Waals surface area contributed by atoms with Crippen LogP contribution in [-0.2, 0) is 4.79 Å². The molecule has 2 atom stereocenters. The van der Waals surface area contributed by atoms with E-state index in [4.69, 9.17) is 23.2 Å². The Morgan fingerprint density at radius 3 is 3.05 bits per heavy atom. The van der Waals surface area contributed by atoms with Crippen molar-refractivity contribution >= 4 is 40.9 Å². The number of hydrogen-bond donors (Lipinski definition) is 2. The predicted octanol–water partition coefficient (Wildman–Crippen LogP) is 3.59. The Labute approximate surface area is 140 Å². The topological polar surface area (TPSA) is 41.1 Å². The molecule has 1 aliphatic heterocycles. The number of rotatable bonds is 5. The van der Waals surface area contributed by atoms with Gasteiger partial charge in [0.15, 0.2) is 0 Å². The second-order valence-electron chi connectivity index (χ2n) is 5.29. The quantitative estimate of drug-likeness (QED) is 0.800. The minimum Gasteiger partial charge on any atom is -0.355 e. The number of amides is 1. The number of thioether (sulfide) groups is 1. The van der Waals surface area contributed by atoms with Crippen molar-refractivity contribution < 1.29 is 4.79 Å². The third-order valence-corrected chi connectivity index (χ3v) is 5.37. The van der Waals surface area contributed by atoms with Crippen molar-refractivity contribution in [1.82, 2.24) is 10.6 Å². The summed E-state index contributed by atoms with van der Waals surface area (Å²) in [5, 5.41) is 7.44. The lowest BCUT2D eigenvalue weighted by molar-refractivity contribution is -0.120. The summed E-state index contributed by atoms with van der Waals surface area (Å²) in [6.45, 7) is 4.70. The molecule has 0 bridgehead atoms. The number of halogens is 2. The number of piperidine rings is 1. The fourth-order valence-electron chi connectivity index (χ4n) is 2.30. The maximum Gasteiger partial charge on any atom is 0.233 e. The van der Waals surface area contributed by atoms with Crippen molar-refractivity contribution in [1.29, 1.82) is 0 Å². The lowest BCUT2D eigenvalue weighted by Crippen LogP contribution is -2.40. The van der Waals surface area contributed by atoms with Gasteiger partial charge in [-0.15, -0.1) is 11.8 Å². The molecule has 116 valence electrons. The first kappa shape index (κ1) is 16.9. The summed E-state index contributed by atoms with van der Waals surface area (Å²) >= 11 is 13.5. The number of carbonyl (C=O) groups is 1. The highest BCUT2D eigenvalue weighted by Gasteiger charge is 2.18. The van der Waals surface area contributed by atoms with Gasteiger partial charge in [-0.3, -0.25) is 4.79 Å². The monoisotopic (exact) mass is 346 g/mol. The lowest BCUT2D eigenvalue weighted by Gasteiger charge is -2.23. The van der Waals surface area contributed by atoms with Gasteiger partial charge >= 0.3 is 0 Å². The van der Waals surface area contributed by atoms with Crippen LogP contribution in [0.25, 0.3) is 0 Å². The molecular weight excluding hydrogens is 327 g/mol. The van der Waals surface area contributed by atoms with E-state index in [9.17, 15) is 4.79 Å². The second kappa shape index (κ2) is 8.28. The number of hydrogen-bond acceptors (Lipinski definition) is 3. The molecule has 1 amide bonds. The Kier molecular flexibility index (Phi) is 6.68. The van der Waals surface area contributed by atoms with E-state index < -0.39 is 0 Å². The number of nitrogens with one attached hydrogen (secondary N) is 2. The molecule has 1 fully saturated rings. The van der Waals surface area contributed by atoms with Crippen LogP contribution in [0.3, 0.4) is 0 Å². The average molecular weight is 347 g/mol. The van der Waals surface area contributed by atoms with Crippen molar-refractivity contribution in [2.75, 3.05) is 19.6 Å².